The SMILES string of the molecule is CC(C)(C)C(NC(=O)O)C1(CO)CCCC1. The van der Waals surface area contributed by atoms with E-state index in [9.17, 15) is 9.90 Å². The van der Waals surface area contributed by atoms with E-state index in [0.29, 0.717) is 0 Å². The van der Waals surface area contributed by atoms with Crippen LogP contribution in [0, 0.1) is 10.8 Å². The third kappa shape index (κ3) is 2.67. The number of aliphatic hydroxyl groups is 1. The summed E-state index contributed by atoms with van der Waals surface area (Å²) in [6, 6.07) is -0.190. The average molecular weight is 229 g/mol. The molecule has 16 heavy (non-hydrogen) atoms. The van der Waals surface area contributed by atoms with Crippen molar-refractivity contribution in [2.45, 2.75) is 52.5 Å². The Labute approximate surface area is 97.0 Å². The van der Waals surface area contributed by atoms with Crippen LogP contribution in [0.25, 0.3) is 0 Å². The van der Waals surface area contributed by atoms with Crippen molar-refractivity contribution < 1.29 is 15.0 Å². The molecule has 1 aliphatic carbocycles. The maximum absolute atomic E-state index is 10.9. The fraction of sp³-hybridized carbons (Fsp3) is 0.917. The van der Waals surface area contributed by atoms with E-state index in [1.54, 1.807) is 0 Å². The summed E-state index contributed by atoms with van der Waals surface area (Å²) in [5.41, 5.74) is -0.442. The Kier molecular flexibility index (Phi) is 3.84. The molecule has 4 heteroatoms. The topological polar surface area (TPSA) is 69.6 Å². The van der Waals surface area contributed by atoms with Gasteiger partial charge < -0.3 is 15.5 Å². The van der Waals surface area contributed by atoms with Crippen LogP contribution in [0.4, 0.5) is 4.79 Å². The maximum atomic E-state index is 10.9. The highest BCUT2D eigenvalue weighted by Crippen LogP contribution is 2.46. The Morgan fingerprint density at radius 3 is 2.19 bits per heavy atom. The van der Waals surface area contributed by atoms with Crippen LogP contribution in [0.15, 0.2) is 0 Å². The quantitative estimate of drug-likeness (QED) is 0.695. The summed E-state index contributed by atoms with van der Waals surface area (Å²) in [5, 5.41) is 21.2. The lowest BCUT2D eigenvalue weighted by Crippen LogP contribution is -2.55. The molecule has 0 aliphatic heterocycles. The minimum atomic E-state index is -1.00. The van der Waals surface area contributed by atoms with E-state index in [4.69, 9.17) is 5.11 Å². The first-order chi connectivity index (χ1) is 7.32. The van der Waals surface area contributed by atoms with Crippen LogP contribution in [0.2, 0.25) is 0 Å². The van der Waals surface area contributed by atoms with Crippen LogP contribution >= 0.6 is 0 Å². The van der Waals surface area contributed by atoms with Crippen LogP contribution in [-0.2, 0) is 0 Å². The molecular weight excluding hydrogens is 206 g/mol. The fourth-order valence-electron chi connectivity index (χ4n) is 3.03. The first-order valence-corrected chi connectivity index (χ1v) is 5.92. The van der Waals surface area contributed by atoms with Gasteiger partial charge in [0, 0.05) is 11.5 Å². The summed E-state index contributed by atoms with van der Waals surface area (Å²) in [7, 11) is 0. The minimum absolute atomic E-state index is 0.0647. The number of aliphatic hydroxyl groups excluding tert-OH is 1. The maximum Gasteiger partial charge on any atom is 0.404 e. The van der Waals surface area contributed by atoms with Crippen LogP contribution in [-0.4, -0.2) is 29.0 Å². The summed E-state index contributed by atoms with van der Waals surface area (Å²) in [6.07, 6.45) is 2.97. The van der Waals surface area contributed by atoms with Crippen molar-refractivity contribution in [2.24, 2.45) is 10.8 Å². The van der Waals surface area contributed by atoms with Gasteiger partial charge in [-0.2, -0.15) is 0 Å². The molecule has 94 valence electrons. The predicted molar refractivity (Wildman–Crippen MR) is 62.4 cm³/mol. The van der Waals surface area contributed by atoms with Crippen LogP contribution < -0.4 is 5.32 Å². The van der Waals surface area contributed by atoms with Gasteiger partial charge in [0.15, 0.2) is 0 Å². The largest absolute Gasteiger partial charge is 0.465 e. The summed E-state index contributed by atoms with van der Waals surface area (Å²) in [4.78, 5) is 10.9. The molecule has 1 amide bonds. The summed E-state index contributed by atoms with van der Waals surface area (Å²) in [5.74, 6) is 0. The Morgan fingerprint density at radius 2 is 1.88 bits per heavy atom. The van der Waals surface area contributed by atoms with Crippen LogP contribution in [0.3, 0.4) is 0 Å². The molecule has 0 saturated heterocycles. The molecule has 1 rings (SSSR count). The lowest BCUT2D eigenvalue weighted by molar-refractivity contribution is 0.0359. The van der Waals surface area contributed by atoms with E-state index < -0.39 is 6.09 Å². The van der Waals surface area contributed by atoms with Crippen molar-refractivity contribution in [2.75, 3.05) is 6.61 Å². The highest BCUT2D eigenvalue weighted by atomic mass is 16.4. The lowest BCUT2D eigenvalue weighted by atomic mass is 9.68. The zero-order valence-electron chi connectivity index (χ0n) is 10.4. The second kappa shape index (κ2) is 4.62. The van der Waals surface area contributed by atoms with Crippen LogP contribution in [0.5, 0.6) is 0 Å². The zero-order valence-corrected chi connectivity index (χ0v) is 10.4. The highest BCUT2D eigenvalue weighted by molar-refractivity contribution is 5.65. The number of hydrogen-bond donors (Lipinski definition) is 3. The number of carboxylic acid groups (broad SMARTS) is 1. The molecule has 4 nitrogen and oxygen atoms in total. The molecule has 0 aromatic rings. The van der Waals surface area contributed by atoms with E-state index in [1.165, 1.54) is 0 Å². The predicted octanol–water partition coefficient (Wildman–Crippen LogP) is 2.22. The number of carbonyl (C=O) groups is 1. The molecule has 0 spiro atoms. The smallest absolute Gasteiger partial charge is 0.404 e. The van der Waals surface area contributed by atoms with Crippen molar-refractivity contribution in [3.63, 3.8) is 0 Å². The molecular formula is C12H23NO3. The normalized spacial score (nSPS) is 21.8. The molecule has 0 bridgehead atoms. The molecule has 0 aromatic carbocycles. The van der Waals surface area contributed by atoms with Crippen molar-refractivity contribution in [3.8, 4) is 0 Å². The van der Waals surface area contributed by atoms with Gasteiger partial charge in [0.05, 0.1) is 6.61 Å². The number of nitrogens with one attached hydrogen (secondary N) is 1. The van der Waals surface area contributed by atoms with E-state index in [2.05, 4.69) is 5.32 Å². The first kappa shape index (κ1) is 13.3. The van der Waals surface area contributed by atoms with E-state index in [0.717, 1.165) is 25.7 Å². The number of amides is 1. The van der Waals surface area contributed by atoms with E-state index in [-0.39, 0.29) is 23.5 Å². The lowest BCUT2D eigenvalue weighted by Gasteiger charge is -2.43. The molecule has 0 aromatic heterocycles. The molecule has 1 aliphatic rings. The summed E-state index contributed by atoms with van der Waals surface area (Å²) < 4.78 is 0. The van der Waals surface area contributed by atoms with Gasteiger partial charge in [-0.3, -0.25) is 0 Å². The van der Waals surface area contributed by atoms with Gasteiger partial charge in [0.1, 0.15) is 0 Å². The Balaban J connectivity index is 2.94. The number of rotatable bonds is 3. The Hall–Kier alpha value is -0.770. The molecule has 3 N–H and O–H groups in total. The average Bonchev–Trinajstić information content (AvgIpc) is 2.61. The monoisotopic (exact) mass is 229 g/mol. The second-order valence-electron chi connectivity index (χ2n) is 5.98. The van der Waals surface area contributed by atoms with E-state index in [1.807, 2.05) is 20.8 Å². The Morgan fingerprint density at radius 1 is 1.38 bits per heavy atom. The van der Waals surface area contributed by atoms with Gasteiger partial charge in [0.2, 0.25) is 0 Å². The third-order valence-electron chi connectivity index (χ3n) is 3.66. The summed E-state index contributed by atoms with van der Waals surface area (Å²) in [6.45, 7) is 6.12. The third-order valence-corrected chi connectivity index (χ3v) is 3.66. The molecule has 1 atom stereocenters. The second-order valence-corrected chi connectivity index (χ2v) is 5.98. The van der Waals surface area contributed by atoms with Crippen molar-refractivity contribution in [3.05, 3.63) is 0 Å². The molecule has 0 radical (unpaired) electrons. The standard InChI is InChI=1S/C12H23NO3/c1-11(2,3)9(13-10(15)16)12(8-14)6-4-5-7-12/h9,13-14H,4-8H2,1-3H3,(H,15,16). The minimum Gasteiger partial charge on any atom is -0.465 e. The number of hydrogen-bond acceptors (Lipinski definition) is 2. The van der Waals surface area contributed by atoms with Gasteiger partial charge in [-0.1, -0.05) is 33.6 Å². The molecule has 1 saturated carbocycles. The van der Waals surface area contributed by atoms with Gasteiger partial charge in [-0.15, -0.1) is 0 Å². The van der Waals surface area contributed by atoms with Gasteiger partial charge >= 0.3 is 6.09 Å². The van der Waals surface area contributed by atoms with Crippen molar-refractivity contribution >= 4 is 6.09 Å². The van der Waals surface area contributed by atoms with Crippen molar-refractivity contribution in [1.29, 1.82) is 0 Å². The highest BCUT2D eigenvalue weighted by Gasteiger charge is 2.46. The van der Waals surface area contributed by atoms with Gasteiger partial charge in [0.25, 0.3) is 0 Å². The van der Waals surface area contributed by atoms with Gasteiger partial charge in [-0.25, -0.2) is 4.79 Å². The van der Waals surface area contributed by atoms with E-state index >= 15 is 0 Å². The first-order valence-electron chi connectivity index (χ1n) is 5.92. The van der Waals surface area contributed by atoms with Crippen molar-refractivity contribution in [1.82, 2.24) is 5.32 Å². The molecule has 1 unspecified atom stereocenters. The Bertz CT molecular complexity index is 251. The molecule has 0 heterocycles. The zero-order chi connectivity index (χ0) is 12.4. The van der Waals surface area contributed by atoms with Crippen LogP contribution in [0.1, 0.15) is 46.5 Å². The van der Waals surface area contributed by atoms with Gasteiger partial charge in [-0.05, 0) is 18.3 Å². The fourth-order valence-corrected chi connectivity index (χ4v) is 3.03. The molecule has 1 fully saturated rings. The summed E-state index contributed by atoms with van der Waals surface area (Å²) >= 11 is 0.